The predicted molar refractivity (Wildman–Crippen MR) is 41.9 cm³/mol. The fraction of sp³-hybridized carbons (Fsp3) is 0.333. The molecule has 0 unspecified atom stereocenters. The van der Waals surface area contributed by atoms with E-state index < -0.39 is 0 Å². The molecule has 1 saturated heterocycles. The summed E-state index contributed by atoms with van der Waals surface area (Å²) in [6.45, 7) is 3.27. The normalized spacial score (nSPS) is 22.7. The van der Waals surface area contributed by atoms with Gasteiger partial charge in [0.1, 0.15) is 0 Å². The number of hydrogen-bond acceptors (Lipinski definition) is 1. The zero-order chi connectivity index (χ0) is 6.97. The van der Waals surface area contributed by atoms with Crippen LogP contribution in [0.1, 0.15) is 17.2 Å². The number of hydrogen-bond donors (Lipinski definition) is 1. The van der Waals surface area contributed by atoms with E-state index in [1.807, 2.05) is 0 Å². The molecule has 0 aliphatic carbocycles. The second kappa shape index (κ2) is 2.10. The molecule has 0 spiro atoms. The van der Waals surface area contributed by atoms with Crippen LogP contribution in [0.2, 0.25) is 0 Å². The molecule has 1 aliphatic rings. The van der Waals surface area contributed by atoms with Gasteiger partial charge < -0.3 is 5.32 Å². The van der Waals surface area contributed by atoms with Crippen molar-refractivity contribution >= 4 is 0 Å². The van der Waals surface area contributed by atoms with Crippen LogP contribution in [0.4, 0.5) is 0 Å². The van der Waals surface area contributed by atoms with Crippen LogP contribution < -0.4 is 5.32 Å². The second-order valence-corrected chi connectivity index (χ2v) is 2.87. The van der Waals surface area contributed by atoms with Crippen molar-refractivity contribution in [1.29, 1.82) is 0 Å². The Balaban J connectivity index is 2.28. The Morgan fingerprint density at radius 3 is 2.40 bits per heavy atom. The lowest BCUT2D eigenvalue weighted by atomic mass is 10.1. The van der Waals surface area contributed by atoms with Gasteiger partial charge >= 0.3 is 0 Å². The zero-order valence-corrected chi connectivity index (χ0v) is 6.09. The van der Waals surface area contributed by atoms with Gasteiger partial charge in [-0.3, -0.25) is 0 Å². The quantitative estimate of drug-likeness (QED) is 0.578. The zero-order valence-electron chi connectivity index (χ0n) is 6.09. The first kappa shape index (κ1) is 5.93. The molecular weight excluding hydrogens is 122 g/mol. The van der Waals surface area contributed by atoms with Crippen molar-refractivity contribution in [2.45, 2.75) is 13.0 Å². The number of rotatable bonds is 1. The molecule has 1 N–H and O–H groups in total. The first-order chi connectivity index (χ1) is 4.86. The summed E-state index contributed by atoms with van der Waals surface area (Å²) in [6, 6.07) is 9.37. The van der Waals surface area contributed by atoms with Crippen LogP contribution in [0.25, 0.3) is 0 Å². The molecule has 1 heterocycles. The molecule has 1 atom stereocenters. The van der Waals surface area contributed by atoms with E-state index >= 15 is 0 Å². The molecule has 0 bridgehead atoms. The third-order valence-corrected chi connectivity index (χ3v) is 1.89. The molecule has 1 aromatic rings. The summed E-state index contributed by atoms with van der Waals surface area (Å²) in [5.74, 6) is 0. The molecule has 1 heteroatoms. The van der Waals surface area contributed by atoms with Crippen LogP contribution in [-0.4, -0.2) is 6.54 Å². The van der Waals surface area contributed by atoms with Gasteiger partial charge in [-0.15, -0.1) is 0 Å². The van der Waals surface area contributed by atoms with E-state index in [4.69, 9.17) is 0 Å². The van der Waals surface area contributed by atoms with Gasteiger partial charge in [0, 0.05) is 12.6 Å². The van der Waals surface area contributed by atoms with Crippen LogP contribution in [0, 0.1) is 6.92 Å². The van der Waals surface area contributed by atoms with E-state index in [-0.39, 0.29) is 0 Å². The fourth-order valence-corrected chi connectivity index (χ4v) is 1.09. The van der Waals surface area contributed by atoms with Gasteiger partial charge in [-0.05, 0) is 12.5 Å². The van der Waals surface area contributed by atoms with Gasteiger partial charge in [0.05, 0.1) is 0 Å². The molecule has 52 valence electrons. The second-order valence-electron chi connectivity index (χ2n) is 2.87. The molecule has 0 amide bonds. The summed E-state index contributed by atoms with van der Waals surface area (Å²) < 4.78 is 0. The lowest BCUT2D eigenvalue weighted by Crippen LogP contribution is -1.82. The Kier molecular flexibility index (Phi) is 1.24. The predicted octanol–water partition coefficient (Wildman–Crippen LogP) is 1.64. The van der Waals surface area contributed by atoms with E-state index in [9.17, 15) is 0 Å². The lowest BCUT2D eigenvalue weighted by molar-refractivity contribution is 1.08. The van der Waals surface area contributed by atoms with Crippen molar-refractivity contribution < 1.29 is 0 Å². The summed E-state index contributed by atoms with van der Waals surface area (Å²) >= 11 is 0. The largest absolute Gasteiger partial charge is 0.307 e. The molecule has 1 aliphatic heterocycles. The highest BCUT2D eigenvalue weighted by Crippen LogP contribution is 2.20. The first-order valence-corrected chi connectivity index (χ1v) is 3.66. The standard InChI is InChI=1S/C9H11N/c1-7-2-4-8(5-3-7)9-6-10-9/h2-5,9-10H,6H2,1H3/t9-/m0/s1. The topological polar surface area (TPSA) is 21.9 Å². The van der Waals surface area contributed by atoms with Crippen molar-refractivity contribution in [3.8, 4) is 0 Å². The van der Waals surface area contributed by atoms with E-state index in [1.165, 1.54) is 11.1 Å². The van der Waals surface area contributed by atoms with Crippen LogP contribution in [0.15, 0.2) is 24.3 Å². The fourth-order valence-electron chi connectivity index (χ4n) is 1.09. The van der Waals surface area contributed by atoms with Crippen molar-refractivity contribution in [2.24, 2.45) is 0 Å². The summed E-state index contributed by atoms with van der Waals surface area (Å²) in [5.41, 5.74) is 2.76. The smallest absolute Gasteiger partial charge is 0.0447 e. The van der Waals surface area contributed by atoms with Crippen molar-refractivity contribution in [2.75, 3.05) is 6.54 Å². The summed E-state index contributed by atoms with van der Waals surface area (Å²) in [4.78, 5) is 0. The third-order valence-electron chi connectivity index (χ3n) is 1.89. The number of nitrogens with one attached hydrogen (secondary N) is 1. The van der Waals surface area contributed by atoms with Crippen molar-refractivity contribution in [1.82, 2.24) is 5.32 Å². The number of benzene rings is 1. The molecule has 0 aromatic heterocycles. The van der Waals surface area contributed by atoms with Crippen LogP contribution >= 0.6 is 0 Å². The third kappa shape index (κ3) is 1.05. The van der Waals surface area contributed by atoms with Gasteiger partial charge in [-0.1, -0.05) is 29.8 Å². The van der Waals surface area contributed by atoms with Crippen molar-refractivity contribution in [3.05, 3.63) is 35.4 Å². The minimum atomic E-state index is 0.653. The SMILES string of the molecule is Cc1ccc([C@@H]2CN2)cc1. The molecule has 10 heavy (non-hydrogen) atoms. The highest BCUT2D eigenvalue weighted by atomic mass is 15.1. The Morgan fingerprint density at radius 1 is 1.30 bits per heavy atom. The number of aryl methyl sites for hydroxylation is 1. The van der Waals surface area contributed by atoms with Gasteiger partial charge in [-0.25, -0.2) is 0 Å². The summed E-state index contributed by atoms with van der Waals surface area (Å²) in [7, 11) is 0. The monoisotopic (exact) mass is 133 g/mol. The van der Waals surface area contributed by atoms with E-state index in [2.05, 4.69) is 36.5 Å². The van der Waals surface area contributed by atoms with Gasteiger partial charge in [0.15, 0.2) is 0 Å². The van der Waals surface area contributed by atoms with E-state index in [1.54, 1.807) is 0 Å². The minimum Gasteiger partial charge on any atom is -0.307 e. The maximum Gasteiger partial charge on any atom is 0.0447 e. The highest BCUT2D eigenvalue weighted by Gasteiger charge is 2.21. The van der Waals surface area contributed by atoms with E-state index in [0.717, 1.165) is 6.54 Å². The molecule has 1 aromatic carbocycles. The van der Waals surface area contributed by atoms with Gasteiger partial charge in [-0.2, -0.15) is 0 Å². The van der Waals surface area contributed by atoms with Gasteiger partial charge in [0.2, 0.25) is 0 Å². The average molecular weight is 133 g/mol. The molecular formula is C9H11N. The van der Waals surface area contributed by atoms with E-state index in [0.29, 0.717) is 6.04 Å². The van der Waals surface area contributed by atoms with Gasteiger partial charge in [0.25, 0.3) is 0 Å². The summed E-state index contributed by atoms with van der Waals surface area (Å²) in [6.07, 6.45) is 0. The molecule has 1 nitrogen and oxygen atoms in total. The Labute approximate surface area is 61.1 Å². The van der Waals surface area contributed by atoms with Crippen LogP contribution in [-0.2, 0) is 0 Å². The Hall–Kier alpha value is -0.820. The van der Waals surface area contributed by atoms with Crippen LogP contribution in [0.5, 0.6) is 0 Å². The maximum absolute atomic E-state index is 3.27. The lowest BCUT2D eigenvalue weighted by Gasteiger charge is -1.95. The average Bonchev–Trinajstić information content (AvgIpc) is 2.71. The molecule has 1 fully saturated rings. The minimum absolute atomic E-state index is 0.653. The highest BCUT2D eigenvalue weighted by molar-refractivity contribution is 5.26. The summed E-state index contributed by atoms with van der Waals surface area (Å²) in [5, 5.41) is 3.27. The Bertz CT molecular complexity index is 221. The molecule has 2 rings (SSSR count). The molecule has 0 saturated carbocycles. The maximum atomic E-state index is 3.27. The van der Waals surface area contributed by atoms with Crippen LogP contribution in [0.3, 0.4) is 0 Å². The first-order valence-electron chi connectivity index (χ1n) is 3.66. The Morgan fingerprint density at radius 2 is 1.90 bits per heavy atom. The molecule has 0 radical (unpaired) electrons. The van der Waals surface area contributed by atoms with Crippen molar-refractivity contribution in [3.63, 3.8) is 0 Å².